The number of alkyl halides is 3. The van der Waals surface area contributed by atoms with Crippen molar-refractivity contribution in [2.75, 3.05) is 7.11 Å². The van der Waals surface area contributed by atoms with Crippen LogP contribution in [0, 0.1) is 17.6 Å². The van der Waals surface area contributed by atoms with Gasteiger partial charge in [-0.1, -0.05) is 18.5 Å². The fourth-order valence-electron chi connectivity index (χ4n) is 3.06. The normalized spacial score (nSPS) is 29.7. The fraction of sp³-hybridized carbons (Fsp3) is 0.533. The minimum absolute atomic E-state index is 0.306. The molecular formula is C15H14ClF5O4. The zero-order valence-electron chi connectivity index (χ0n) is 13.2. The molecule has 0 unspecified atom stereocenters. The lowest BCUT2D eigenvalue weighted by atomic mass is 9.77. The zero-order valence-corrected chi connectivity index (χ0v) is 14.0. The Morgan fingerprint density at radius 3 is 2.36 bits per heavy atom. The Balaban J connectivity index is 2.70. The molecule has 1 aromatic carbocycles. The Hall–Kier alpha value is -1.61. The molecule has 4 atom stereocenters. The van der Waals surface area contributed by atoms with Crippen LogP contribution in [0.1, 0.15) is 25.3 Å². The molecule has 1 fully saturated rings. The molecule has 0 spiro atoms. The molecule has 2 rings (SSSR count). The molecule has 1 heterocycles. The highest BCUT2D eigenvalue weighted by atomic mass is 35.5. The van der Waals surface area contributed by atoms with Crippen LogP contribution in [-0.2, 0) is 9.53 Å². The highest BCUT2D eigenvalue weighted by molar-refractivity contribution is 6.30. The van der Waals surface area contributed by atoms with Crippen molar-refractivity contribution in [2.24, 2.45) is 5.92 Å². The lowest BCUT2D eigenvalue weighted by molar-refractivity contribution is -0.273. The highest BCUT2D eigenvalue weighted by Crippen LogP contribution is 2.55. The second-order valence-corrected chi connectivity index (χ2v) is 6.31. The number of halogens is 6. The molecule has 1 saturated heterocycles. The van der Waals surface area contributed by atoms with Crippen LogP contribution in [0.2, 0.25) is 5.02 Å². The van der Waals surface area contributed by atoms with Crippen molar-refractivity contribution in [2.45, 2.75) is 37.6 Å². The van der Waals surface area contributed by atoms with Crippen LogP contribution in [0.5, 0.6) is 5.75 Å². The number of benzene rings is 1. The van der Waals surface area contributed by atoms with Crippen molar-refractivity contribution in [3.8, 4) is 5.75 Å². The third kappa shape index (κ3) is 2.93. The van der Waals surface area contributed by atoms with Crippen molar-refractivity contribution in [3.63, 3.8) is 0 Å². The van der Waals surface area contributed by atoms with Crippen molar-refractivity contribution in [3.05, 3.63) is 28.3 Å². The predicted octanol–water partition coefficient (Wildman–Crippen LogP) is 4.15. The minimum atomic E-state index is -4.88. The highest BCUT2D eigenvalue weighted by Gasteiger charge is 2.66. The summed E-state index contributed by atoms with van der Waals surface area (Å²) in [5.41, 5.74) is -3.11. The van der Waals surface area contributed by atoms with Crippen LogP contribution < -0.4 is 4.74 Å². The monoisotopic (exact) mass is 388 g/mol. The number of methoxy groups -OCH3 is 1. The van der Waals surface area contributed by atoms with E-state index in [1.165, 1.54) is 0 Å². The predicted molar refractivity (Wildman–Crippen MR) is 76.8 cm³/mol. The van der Waals surface area contributed by atoms with E-state index in [1.807, 2.05) is 0 Å². The second kappa shape index (κ2) is 6.28. The number of hydrogen-bond donors (Lipinski definition) is 1. The van der Waals surface area contributed by atoms with Crippen LogP contribution in [0.3, 0.4) is 0 Å². The summed E-state index contributed by atoms with van der Waals surface area (Å²) >= 11 is 5.58. The molecule has 0 aliphatic carbocycles. The SMILES string of the molecule is COc1c([C@H]2[C@H](C(=O)O)O[C@@](C)(C(F)(F)F)[C@H]2C)cc(Cl)c(F)c1F. The Bertz CT molecular complexity index is 708. The van der Waals surface area contributed by atoms with Gasteiger partial charge in [0.1, 0.15) is 0 Å². The van der Waals surface area contributed by atoms with Crippen molar-refractivity contribution >= 4 is 17.6 Å². The van der Waals surface area contributed by atoms with Gasteiger partial charge in [0.25, 0.3) is 0 Å². The van der Waals surface area contributed by atoms with Gasteiger partial charge in [-0.15, -0.1) is 0 Å². The van der Waals surface area contributed by atoms with E-state index in [9.17, 15) is 31.9 Å². The van der Waals surface area contributed by atoms with E-state index < -0.39 is 58.1 Å². The lowest BCUT2D eigenvalue weighted by Gasteiger charge is -2.32. The zero-order chi connectivity index (χ0) is 19.3. The summed E-state index contributed by atoms with van der Waals surface area (Å²) in [4.78, 5) is 11.4. The van der Waals surface area contributed by atoms with Crippen LogP contribution in [-0.4, -0.2) is 36.1 Å². The first-order valence-corrected chi connectivity index (χ1v) is 7.43. The fourth-order valence-corrected chi connectivity index (χ4v) is 3.26. The van der Waals surface area contributed by atoms with E-state index in [0.717, 1.165) is 20.1 Å². The van der Waals surface area contributed by atoms with E-state index in [2.05, 4.69) is 0 Å². The summed E-state index contributed by atoms with van der Waals surface area (Å²) in [6.45, 7) is 1.83. The molecule has 4 nitrogen and oxygen atoms in total. The maximum Gasteiger partial charge on any atom is 0.417 e. The summed E-state index contributed by atoms with van der Waals surface area (Å²) in [7, 11) is 0.981. The quantitative estimate of drug-likeness (QED) is 0.624. The van der Waals surface area contributed by atoms with E-state index in [0.29, 0.717) is 6.92 Å². The summed E-state index contributed by atoms with van der Waals surface area (Å²) < 4.78 is 77.5. The van der Waals surface area contributed by atoms with Gasteiger partial charge in [-0.25, -0.2) is 9.18 Å². The minimum Gasteiger partial charge on any atom is -0.493 e. The summed E-state index contributed by atoms with van der Waals surface area (Å²) in [6.07, 6.45) is -6.83. The summed E-state index contributed by atoms with van der Waals surface area (Å²) in [6, 6.07) is 0.862. The molecule has 0 bridgehead atoms. The molecule has 0 aromatic heterocycles. The first-order chi connectivity index (χ1) is 11.4. The van der Waals surface area contributed by atoms with Gasteiger partial charge in [-0.3, -0.25) is 0 Å². The average Bonchev–Trinajstić information content (AvgIpc) is 2.78. The third-order valence-corrected chi connectivity index (χ3v) is 4.90. The van der Waals surface area contributed by atoms with Gasteiger partial charge < -0.3 is 14.6 Å². The van der Waals surface area contributed by atoms with Gasteiger partial charge in [-0.2, -0.15) is 17.6 Å². The van der Waals surface area contributed by atoms with Gasteiger partial charge >= 0.3 is 12.1 Å². The number of rotatable bonds is 3. The molecule has 0 amide bonds. The first kappa shape index (κ1) is 19.7. The number of aliphatic carboxylic acids is 1. The van der Waals surface area contributed by atoms with Crippen LogP contribution >= 0.6 is 11.6 Å². The number of hydrogen-bond acceptors (Lipinski definition) is 3. The van der Waals surface area contributed by atoms with Crippen LogP contribution in [0.15, 0.2) is 6.07 Å². The van der Waals surface area contributed by atoms with Gasteiger partial charge in [0.15, 0.2) is 23.3 Å². The third-order valence-electron chi connectivity index (χ3n) is 4.62. The van der Waals surface area contributed by atoms with Crippen LogP contribution in [0.25, 0.3) is 0 Å². The van der Waals surface area contributed by atoms with Gasteiger partial charge in [-0.05, 0) is 13.0 Å². The van der Waals surface area contributed by atoms with Gasteiger partial charge in [0, 0.05) is 17.4 Å². The maximum atomic E-state index is 14.1. The topological polar surface area (TPSA) is 55.8 Å². The number of carboxylic acids is 1. The molecular weight excluding hydrogens is 375 g/mol. The van der Waals surface area contributed by atoms with E-state index >= 15 is 0 Å². The van der Waals surface area contributed by atoms with Crippen molar-refractivity contribution in [1.29, 1.82) is 0 Å². The lowest BCUT2D eigenvalue weighted by Crippen LogP contribution is -2.47. The average molecular weight is 389 g/mol. The molecule has 25 heavy (non-hydrogen) atoms. The van der Waals surface area contributed by atoms with E-state index in [1.54, 1.807) is 0 Å². The molecule has 0 saturated carbocycles. The molecule has 1 aromatic rings. The maximum absolute atomic E-state index is 14.1. The number of carboxylic acid groups (broad SMARTS) is 1. The molecule has 0 radical (unpaired) electrons. The summed E-state index contributed by atoms with van der Waals surface area (Å²) in [5, 5.41) is 8.58. The molecule has 140 valence electrons. The van der Waals surface area contributed by atoms with Gasteiger partial charge in [0.2, 0.25) is 5.82 Å². The smallest absolute Gasteiger partial charge is 0.417 e. The Morgan fingerprint density at radius 1 is 1.36 bits per heavy atom. The largest absolute Gasteiger partial charge is 0.493 e. The second-order valence-electron chi connectivity index (χ2n) is 5.90. The standard InChI is InChI=1S/C15H14ClF5O4/c1-5-8(6-4-7(16)9(17)10(18)11(6)24-3)12(13(22)23)25-14(5,2)15(19,20)21/h4-5,8,12H,1-3H3,(H,22,23)/t5-,8-,12+,14+/m0/s1. The Kier molecular flexibility index (Phi) is 4.95. The first-order valence-electron chi connectivity index (χ1n) is 7.05. The molecule has 1 aliphatic rings. The van der Waals surface area contributed by atoms with Crippen molar-refractivity contribution in [1.82, 2.24) is 0 Å². The van der Waals surface area contributed by atoms with E-state index in [4.69, 9.17) is 21.1 Å². The molecule has 10 heteroatoms. The Morgan fingerprint density at radius 2 is 1.92 bits per heavy atom. The molecule has 1 N–H and O–H groups in total. The van der Waals surface area contributed by atoms with Crippen LogP contribution in [0.4, 0.5) is 22.0 Å². The Labute approximate surface area is 144 Å². The molecule has 1 aliphatic heterocycles. The van der Waals surface area contributed by atoms with Gasteiger partial charge in [0.05, 0.1) is 12.1 Å². The summed E-state index contributed by atoms with van der Waals surface area (Å²) in [5.74, 6) is -8.25. The number of ether oxygens (including phenoxy) is 2. The number of carbonyl (C=O) groups is 1. The van der Waals surface area contributed by atoms with Crippen molar-refractivity contribution < 1.29 is 41.3 Å². The van der Waals surface area contributed by atoms with E-state index in [-0.39, 0.29) is 5.56 Å².